The van der Waals surface area contributed by atoms with Crippen LogP contribution < -0.4 is 14.4 Å². The molecule has 0 atom stereocenters. The largest absolute Gasteiger partial charge is 0.492 e. The standard InChI is InChI=1S/C23H32N2O4S/c1-17-8-9-19(3)22(15-17)25(30(5,27)28)13-6-7-23(26)24-12-14-29-21-11-10-18(2)20(4)16-21/h8-11,15-16H,6-7,12-14H2,1-5H3,(H,24,26). The second kappa shape index (κ2) is 10.5. The van der Waals surface area contributed by atoms with Gasteiger partial charge in [-0.2, -0.15) is 0 Å². The summed E-state index contributed by atoms with van der Waals surface area (Å²) in [5, 5.41) is 2.82. The van der Waals surface area contributed by atoms with Crippen LogP contribution in [0.2, 0.25) is 0 Å². The molecule has 0 aliphatic carbocycles. The predicted octanol–water partition coefficient (Wildman–Crippen LogP) is 3.66. The van der Waals surface area contributed by atoms with Gasteiger partial charge in [0.2, 0.25) is 15.9 Å². The van der Waals surface area contributed by atoms with Crippen molar-refractivity contribution in [2.24, 2.45) is 0 Å². The van der Waals surface area contributed by atoms with Gasteiger partial charge in [0.25, 0.3) is 0 Å². The summed E-state index contributed by atoms with van der Waals surface area (Å²) in [7, 11) is -3.43. The number of rotatable bonds is 10. The first kappa shape index (κ1) is 23.7. The molecule has 0 saturated heterocycles. The maximum atomic E-state index is 12.3. The Morgan fingerprint density at radius 2 is 1.70 bits per heavy atom. The number of benzene rings is 2. The number of sulfonamides is 1. The van der Waals surface area contributed by atoms with Gasteiger partial charge in [0.05, 0.1) is 18.5 Å². The summed E-state index contributed by atoms with van der Waals surface area (Å²) in [6, 6.07) is 11.6. The highest BCUT2D eigenvalue weighted by Gasteiger charge is 2.19. The number of hydrogen-bond acceptors (Lipinski definition) is 4. The molecule has 0 unspecified atom stereocenters. The summed E-state index contributed by atoms with van der Waals surface area (Å²) in [6.45, 7) is 8.93. The van der Waals surface area contributed by atoms with Crippen molar-refractivity contribution in [1.29, 1.82) is 0 Å². The second-order valence-electron chi connectivity index (χ2n) is 7.67. The Kier molecular flexibility index (Phi) is 8.29. The van der Waals surface area contributed by atoms with Gasteiger partial charge < -0.3 is 10.1 Å². The third-order valence-corrected chi connectivity index (χ3v) is 6.15. The van der Waals surface area contributed by atoms with Gasteiger partial charge in [-0.05, 0) is 74.6 Å². The zero-order valence-electron chi connectivity index (χ0n) is 18.5. The molecule has 7 heteroatoms. The second-order valence-corrected chi connectivity index (χ2v) is 9.58. The van der Waals surface area contributed by atoms with Gasteiger partial charge in [-0.3, -0.25) is 9.10 Å². The quantitative estimate of drug-likeness (QED) is 0.582. The Balaban J connectivity index is 1.80. The monoisotopic (exact) mass is 432 g/mol. The fourth-order valence-electron chi connectivity index (χ4n) is 3.09. The molecule has 30 heavy (non-hydrogen) atoms. The van der Waals surface area contributed by atoms with Crippen LogP contribution >= 0.6 is 0 Å². The van der Waals surface area contributed by atoms with Crippen molar-refractivity contribution in [3.8, 4) is 5.75 Å². The molecule has 6 nitrogen and oxygen atoms in total. The van der Waals surface area contributed by atoms with E-state index in [4.69, 9.17) is 4.74 Å². The maximum absolute atomic E-state index is 12.3. The van der Waals surface area contributed by atoms with Crippen molar-refractivity contribution < 1.29 is 17.9 Å². The van der Waals surface area contributed by atoms with Crippen molar-refractivity contribution >= 4 is 21.6 Å². The number of nitrogens with one attached hydrogen (secondary N) is 1. The van der Waals surface area contributed by atoms with Crippen molar-refractivity contribution in [1.82, 2.24) is 5.32 Å². The van der Waals surface area contributed by atoms with Crippen molar-refractivity contribution in [3.63, 3.8) is 0 Å². The average molecular weight is 433 g/mol. The molecule has 0 radical (unpaired) electrons. The van der Waals surface area contributed by atoms with Crippen LogP contribution in [-0.4, -0.2) is 40.3 Å². The van der Waals surface area contributed by atoms with E-state index in [0.717, 1.165) is 22.4 Å². The van der Waals surface area contributed by atoms with Crippen molar-refractivity contribution in [3.05, 3.63) is 58.7 Å². The van der Waals surface area contributed by atoms with Crippen LogP contribution in [-0.2, 0) is 14.8 Å². The molecule has 0 aromatic heterocycles. The Bertz CT molecular complexity index is 987. The highest BCUT2D eigenvalue weighted by atomic mass is 32.2. The summed E-state index contributed by atoms with van der Waals surface area (Å²) < 4.78 is 31.6. The van der Waals surface area contributed by atoms with E-state index < -0.39 is 10.0 Å². The van der Waals surface area contributed by atoms with Crippen LogP contribution in [0.25, 0.3) is 0 Å². The minimum absolute atomic E-state index is 0.117. The molecule has 1 N–H and O–H groups in total. The number of aryl methyl sites for hydroxylation is 4. The first-order valence-electron chi connectivity index (χ1n) is 10.1. The van der Waals surface area contributed by atoms with E-state index in [1.807, 2.05) is 64.1 Å². The molecule has 2 aromatic rings. The summed E-state index contributed by atoms with van der Waals surface area (Å²) in [5.41, 5.74) is 4.92. The fraction of sp³-hybridized carbons (Fsp3) is 0.435. The van der Waals surface area contributed by atoms with E-state index in [1.54, 1.807) is 0 Å². The number of amides is 1. The molecular weight excluding hydrogens is 400 g/mol. The van der Waals surface area contributed by atoms with E-state index in [9.17, 15) is 13.2 Å². The van der Waals surface area contributed by atoms with Gasteiger partial charge in [-0.1, -0.05) is 18.2 Å². The summed E-state index contributed by atoms with van der Waals surface area (Å²) in [4.78, 5) is 12.1. The van der Waals surface area contributed by atoms with E-state index in [2.05, 4.69) is 5.32 Å². The Morgan fingerprint density at radius 3 is 2.37 bits per heavy atom. The van der Waals surface area contributed by atoms with Gasteiger partial charge in [-0.25, -0.2) is 8.42 Å². The Morgan fingerprint density at radius 1 is 1.00 bits per heavy atom. The molecule has 164 valence electrons. The van der Waals surface area contributed by atoms with E-state index in [-0.39, 0.29) is 18.9 Å². The lowest BCUT2D eigenvalue weighted by atomic mass is 10.1. The van der Waals surface area contributed by atoms with Crippen LogP contribution in [0.15, 0.2) is 36.4 Å². The van der Waals surface area contributed by atoms with Crippen LogP contribution in [0, 0.1) is 27.7 Å². The Labute approximate surface area is 180 Å². The summed E-state index contributed by atoms with van der Waals surface area (Å²) in [6.07, 6.45) is 1.88. The van der Waals surface area contributed by atoms with E-state index in [1.165, 1.54) is 16.1 Å². The van der Waals surface area contributed by atoms with Crippen LogP contribution in [0.5, 0.6) is 5.75 Å². The molecule has 1 amide bonds. The molecule has 0 heterocycles. The third-order valence-electron chi connectivity index (χ3n) is 4.97. The minimum Gasteiger partial charge on any atom is -0.492 e. The lowest BCUT2D eigenvalue weighted by Crippen LogP contribution is -2.33. The number of nitrogens with zero attached hydrogens (tertiary/aromatic N) is 1. The van der Waals surface area contributed by atoms with Gasteiger partial charge in [0, 0.05) is 13.0 Å². The molecule has 0 spiro atoms. The SMILES string of the molecule is Cc1ccc(C)c(N(CCCC(=O)NCCOc2ccc(C)c(C)c2)S(C)(=O)=O)c1. The average Bonchev–Trinajstić information content (AvgIpc) is 2.66. The molecule has 0 aliphatic rings. The van der Waals surface area contributed by atoms with Gasteiger partial charge in [0.15, 0.2) is 0 Å². The molecule has 0 saturated carbocycles. The number of carbonyl (C=O) groups is 1. The normalized spacial score (nSPS) is 11.2. The lowest BCUT2D eigenvalue weighted by Gasteiger charge is -2.24. The number of carbonyl (C=O) groups excluding carboxylic acids is 1. The molecular formula is C23H32N2O4S. The van der Waals surface area contributed by atoms with Gasteiger partial charge >= 0.3 is 0 Å². The molecule has 0 fully saturated rings. The lowest BCUT2D eigenvalue weighted by molar-refractivity contribution is -0.121. The van der Waals surface area contributed by atoms with Gasteiger partial charge in [0.1, 0.15) is 12.4 Å². The minimum atomic E-state index is -3.43. The molecule has 2 rings (SSSR count). The highest BCUT2D eigenvalue weighted by Crippen LogP contribution is 2.24. The fourth-order valence-corrected chi connectivity index (χ4v) is 4.10. The first-order valence-corrected chi connectivity index (χ1v) is 11.9. The summed E-state index contributed by atoms with van der Waals surface area (Å²) >= 11 is 0. The van der Waals surface area contributed by atoms with E-state index in [0.29, 0.717) is 25.3 Å². The smallest absolute Gasteiger partial charge is 0.232 e. The van der Waals surface area contributed by atoms with Crippen LogP contribution in [0.3, 0.4) is 0 Å². The zero-order valence-corrected chi connectivity index (χ0v) is 19.3. The van der Waals surface area contributed by atoms with Gasteiger partial charge in [-0.15, -0.1) is 0 Å². The van der Waals surface area contributed by atoms with Crippen LogP contribution in [0.1, 0.15) is 35.1 Å². The number of ether oxygens (including phenoxy) is 1. The molecule has 0 bridgehead atoms. The van der Waals surface area contributed by atoms with Crippen molar-refractivity contribution in [2.75, 3.05) is 30.3 Å². The Hall–Kier alpha value is -2.54. The highest BCUT2D eigenvalue weighted by molar-refractivity contribution is 7.92. The summed E-state index contributed by atoms with van der Waals surface area (Å²) in [5.74, 6) is 0.665. The zero-order chi connectivity index (χ0) is 22.3. The number of hydrogen-bond donors (Lipinski definition) is 1. The molecule has 2 aromatic carbocycles. The molecule has 0 aliphatic heterocycles. The van der Waals surface area contributed by atoms with Crippen LogP contribution in [0.4, 0.5) is 5.69 Å². The topological polar surface area (TPSA) is 75.7 Å². The maximum Gasteiger partial charge on any atom is 0.232 e. The predicted molar refractivity (Wildman–Crippen MR) is 122 cm³/mol. The van der Waals surface area contributed by atoms with Crippen molar-refractivity contribution in [2.45, 2.75) is 40.5 Å². The van der Waals surface area contributed by atoms with E-state index >= 15 is 0 Å². The third kappa shape index (κ3) is 7.06. The number of anilines is 1. The first-order chi connectivity index (χ1) is 14.1.